The van der Waals surface area contributed by atoms with Gasteiger partial charge in [0.15, 0.2) is 6.61 Å². The number of benzene rings is 2. The Hall–Kier alpha value is -1.71. The van der Waals surface area contributed by atoms with Crippen molar-refractivity contribution in [2.75, 3.05) is 6.61 Å². The van der Waals surface area contributed by atoms with E-state index in [9.17, 15) is 4.79 Å². The van der Waals surface area contributed by atoms with Crippen molar-refractivity contribution in [2.24, 2.45) is 0 Å². The van der Waals surface area contributed by atoms with Gasteiger partial charge >= 0.3 is 0 Å². The van der Waals surface area contributed by atoms with E-state index in [2.05, 4.69) is 5.32 Å². The Labute approximate surface area is 133 Å². The summed E-state index contributed by atoms with van der Waals surface area (Å²) in [6.07, 6.45) is 0. The molecule has 2 aromatic carbocycles. The van der Waals surface area contributed by atoms with Crippen LogP contribution in [0, 0.1) is 0 Å². The Kier molecular flexibility index (Phi) is 5.48. The maximum atomic E-state index is 11.9. The van der Waals surface area contributed by atoms with Crippen LogP contribution < -0.4 is 10.1 Å². The molecule has 0 saturated carbocycles. The van der Waals surface area contributed by atoms with Gasteiger partial charge in [-0.05, 0) is 42.8 Å². The molecule has 0 bridgehead atoms. The van der Waals surface area contributed by atoms with E-state index in [4.69, 9.17) is 27.9 Å². The third-order valence-corrected chi connectivity index (χ3v) is 3.40. The molecule has 0 aliphatic rings. The molecule has 1 amide bonds. The molecule has 3 nitrogen and oxygen atoms in total. The molecular weight excluding hydrogens is 309 g/mol. The van der Waals surface area contributed by atoms with Gasteiger partial charge in [-0.25, -0.2) is 0 Å². The fourth-order valence-electron chi connectivity index (χ4n) is 1.82. The lowest BCUT2D eigenvalue weighted by molar-refractivity contribution is -0.123. The molecular formula is C16H15Cl2NO2. The molecule has 5 heteroatoms. The molecule has 0 aliphatic heterocycles. The first-order chi connectivity index (χ1) is 10.0. The van der Waals surface area contributed by atoms with E-state index in [0.29, 0.717) is 15.8 Å². The Balaban J connectivity index is 1.85. The number of carbonyl (C=O) groups is 1. The zero-order chi connectivity index (χ0) is 15.2. The standard InChI is InChI=1S/C16H15Cl2NO2/c1-11(12-5-7-13(17)8-6-12)19-16(20)10-21-15-4-2-3-14(18)9-15/h2-9,11H,10H2,1H3,(H,19,20)/t11-/m1/s1. The minimum atomic E-state index is -0.197. The SMILES string of the molecule is C[C@@H](NC(=O)COc1cccc(Cl)c1)c1ccc(Cl)cc1. The van der Waals surface area contributed by atoms with Crippen molar-refractivity contribution in [3.63, 3.8) is 0 Å². The van der Waals surface area contributed by atoms with Gasteiger partial charge in [-0.15, -0.1) is 0 Å². The first-order valence-electron chi connectivity index (χ1n) is 6.48. The minimum Gasteiger partial charge on any atom is -0.484 e. The molecule has 0 unspecified atom stereocenters. The van der Waals surface area contributed by atoms with E-state index in [0.717, 1.165) is 5.56 Å². The largest absolute Gasteiger partial charge is 0.484 e. The van der Waals surface area contributed by atoms with E-state index in [1.807, 2.05) is 19.1 Å². The highest BCUT2D eigenvalue weighted by Crippen LogP contribution is 2.18. The lowest BCUT2D eigenvalue weighted by Crippen LogP contribution is -2.31. The fraction of sp³-hybridized carbons (Fsp3) is 0.188. The van der Waals surface area contributed by atoms with Crippen LogP contribution in [0.3, 0.4) is 0 Å². The van der Waals surface area contributed by atoms with E-state index in [1.165, 1.54) is 0 Å². The average molecular weight is 324 g/mol. The van der Waals surface area contributed by atoms with Crippen LogP contribution in [-0.2, 0) is 4.79 Å². The lowest BCUT2D eigenvalue weighted by atomic mass is 10.1. The molecule has 21 heavy (non-hydrogen) atoms. The third kappa shape index (κ3) is 4.96. The molecule has 1 N–H and O–H groups in total. The summed E-state index contributed by atoms with van der Waals surface area (Å²) in [5.41, 5.74) is 0.982. The number of rotatable bonds is 5. The molecule has 0 aliphatic carbocycles. The molecule has 0 spiro atoms. The van der Waals surface area contributed by atoms with E-state index in [-0.39, 0.29) is 18.6 Å². The fourth-order valence-corrected chi connectivity index (χ4v) is 2.13. The third-order valence-electron chi connectivity index (χ3n) is 2.91. The second-order valence-corrected chi connectivity index (χ2v) is 5.46. The second-order valence-electron chi connectivity index (χ2n) is 4.59. The summed E-state index contributed by atoms with van der Waals surface area (Å²) in [7, 11) is 0. The molecule has 0 saturated heterocycles. The van der Waals surface area contributed by atoms with Crippen LogP contribution in [0.4, 0.5) is 0 Å². The van der Waals surface area contributed by atoms with Gasteiger partial charge in [0, 0.05) is 10.0 Å². The van der Waals surface area contributed by atoms with Crippen molar-refractivity contribution >= 4 is 29.1 Å². The summed E-state index contributed by atoms with van der Waals surface area (Å²) < 4.78 is 5.39. The summed E-state index contributed by atoms with van der Waals surface area (Å²) in [6, 6.07) is 14.2. The Morgan fingerprint density at radius 2 is 1.86 bits per heavy atom. The van der Waals surface area contributed by atoms with Gasteiger partial charge < -0.3 is 10.1 Å². The maximum absolute atomic E-state index is 11.9. The summed E-state index contributed by atoms with van der Waals surface area (Å²) in [6.45, 7) is 1.85. The van der Waals surface area contributed by atoms with Crippen molar-refractivity contribution in [1.29, 1.82) is 0 Å². The van der Waals surface area contributed by atoms with Crippen LogP contribution in [0.5, 0.6) is 5.75 Å². The first kappa shape index (κ1) is 15.7. The number of hydrogen-bond donors (Lipinski definition) is 1. The second kappa shape index (κ2) is 7.34. The molecule has 2 rings (SSSR count). The minimum absolute atomic E-state index is 0.0573. The van der Waals surface area contributed by atoms with Crippen molar-refractivity contribution < 1.29 is 9.53 Å². The van der Waals surface area contributed by atoms with Crippen LogP contribution in [0.2, 0.25) is 10.0 Å². The summed E-state index contributed by atoms with van der Waals surface area (Å²) >= 11 is 11.7. The van der Waals surface area contributed by atoms with Crippen LogP contribution in [0.15, 0.2) is 48.5 Å². The van der Waals surface area contributed by atoms with Gasteiger partial charge in [-0.3, -0.25) is 4.79 Å². The Morgan fingerprint density at radius 1 is 1.14 bits per heavy atom. The van der Waals surface area contributed by atoms with E-state index >= 15 is 0 Å². The molecule has 110 valence electrons. The zero-order valence-electron chi connectivity index (χ0n) is 11.5. The number of carbonyl (C=O) groups excluding carboxylic acids is 1. The summed E-state index contributed by atoms with van der Waals surface area (Å²) in [5.74, 6) is 0.370. The van der Waals surface area contributed by atoms with Crippen molar-refractivity contribution in [2.45, 2.75) is 13.0 Å². The molecule has 2 aromatic rings. The average Bonchev–Trinajstić information content (AvgIpc) is 2.46. The number of hydrogen-bond acceptors (Lipinski definition) is 2. The van der Waals surface area contributed by atoms with Crippen LogP contribution >= 0.6 is 23.2 Å². The number of nitrogens with one attached hydrogen (secondary N) is 1. The maximum Gasteiger partial charge on any atom is 0.258 e. The van der Waals surface area contributed by atoms with Gasteiger partial charge in [0.1, 0.15) is 5.75 Å². The molecule has 0 heterocycles. The topological polar surface area (TPSA) is 38.3 Å². The van der Waals surface area contributed by atoms with E-state index in [1.54, 1.807) is 36.4 Å². The number of halogens is 2. The van der Waals surface area contributed by atoms with Crippen LogP contribution in [0.1, 0.15) is 18.5 Å². The highest BCUT2D eigenvalue weighted by atomic mass is 35.5. The van der Waals surface area contributed by atoms with Gasteiger partial charge in [0.2, 0.25) is 0 Å². The van der Waals surface area contributed by atoms with Gasteiger partial charge in [0.25, 0.3) is 5.91 Å². The predicted octanol–water partition coefficient (Wildman–Crippen LogP) is 4.25. The smallest absolute Gasteiger partial charge is 0.258 e. The number of ether oxygens (including phenoxy) is 1. The van der Waals surface area contributed by atoms with Crippen molar-refractivity contribution in [3.8, 4) is 5.75 Å². The highest BCUT2D eigenvalue weighted by molar-refractivity contribution is 6.30. The normalized spacial score (nSPS) is 11.8. The Morgan fingerprint density at radius 3 is 2.52 bits per heavy atom. The molecule has 0 fully saturated rings. The molecule has 1 atom stereocenters. The van der Waals surface area contributed by atoms with Crippen molar-refractivity contribution in [3.05, 3.63) is 64.1 Å². The van der Waals surface area contributed by atoms with Gasteiger partial charge in [0.05, 0.1) is 6.04 Å². The van der Waals surface area contributed by atoms with Crippen LogP contribution in [0.25, 0.3) is 0 Å². The quantitative estimate of drug-likeness (QED) is 0.893. The van der Waals surface area contributed by atoms with E-state index < -0.39 is 0 Å². The Bertz CT molecular complexity index is 614. The summed E-state index contributed by atoms with van der Waals surface area (Å²) in [5, 5.41) is 4.10. The highest BCUT2D eigenvalue weighted by Gasteiger charge is 2.10. The van der Waals surface area contributed by atoms with Crippen molar-refractivity contribution in [1.82, 2.24) is 5.32 Å². The lowest BCUT2D eigenvalue weighted by Gasteiger charge is -2.15. The number of amides is 1. The van der Waals surface area contributed by atoms with Crippen LogP contribution in [-0.4, -0.2) is 12.5 Å². The zero-order valence-corrected chi connectivity index (χ0v) is 13.0. The molecule has 0 aromatic heterocycles. The predicted molar refractivity (Wildman–Crippen MR) is 85.0 cm³/mol. The first-order valence-corrected chi connectivity index (χ1v) is 7.23. The van der Waals surface area contributed by atoms with Gasteiger partial charge in [-0.1, -0.05) is 41.4 Å². The summed E-state index contributed by atoms with van der Waals surface area (Å²) in [4.78, 5) is 11.9. The molecule has 0 radical (unpaired) electrons. The monoisotopic (exact) mass is 323 g/mol. The van der Waals surface area contributed by atoms with Gasteiger partial charge in [-0.2, -0.15) is 0 Å².